The third-order valence-electron chi connectivity index (χ3n) is 3.05. The van der Waals surface area contributed by atoms with Crippen LogP contribution in [-0.4, -0.2) is 38.0 Å². The molecular weight excluding hydrogens is 274 g/mol. The Hall–Kier alpha value is -2.28. The van der Waals surface area contributed by atoms with Crippen LogP contribution in [0, 0.1) is 0 Å². The van der Waals surface area contributed by atoms with Crippen molar-refractivity contribution in [2.75, 3.05) is 27.9 Å². The van der Waals surface area contributed by atoms with Gasteiger partial charge in [0.25, 0.3) is 0 Å². The largest absolute Gasteiger partial charge is 0.496 e. The molecule has 7 nitrogen and oxygen atoms in total. The lowest BCUT2D eigenvalue weighted by molar-refractivity contribution is 0.366. The number of aromatic nitrogens is 2. The molecule has 0 aliphatic carbocycles. The molecule has 0 bridgehead atoms. The molecule has 1 aromatic heterocycles. The first-order valence-electron chi connectivity index (χ1n) is 6.53. The van der Waals surface area contributed by atoms with Gasteiger partial charge in [0.2, 0.25) is 6.39 Å². The minimum absolute atomic E-state index is 0.605. The Morgan fingerprint density at radius 1 is 1.10 bits per heavy atom. The van der Waals surface area contributed by atoms with E-state index < -0.39 is 0 Å². The van der Waals surface area contributed by atoms with Crippen molar-refractivity contribution in [3.05, 3.63) is 29.9 Å². The lowest BCUT2D eigenvalue weighted by Crippen LogP contribution is -2.18. The fraction of sp³-hybridized carbons (Fsp3) is 0.429. The van der Waals surface area contributed by atoms with Crippen LogP contribution >= 0.6 is 0 Å². The standard InChI is InChI=1S/C14H19N3O4/c1-18-10-6-12(19-2)11(13(7-10)20-3)8-15-5-4-14-16-9-21-17-14/h6-7,9,15H,4-5,8H2,1-3H3. The molecule has 0 amide bonds. The SMILES string of the molecule is COc1cc(OC)c(CNCCc2ncon2)c(OC)c1. The maximum absolute atomic E-state index is 5.39. The number of benzene rings is 1. The van der Waals surface area contributed by atoms with Gasteiger partial charge in [0.05, 0.1) is 26.9 Å². The molecule has 0 spiro atoms. The lowest BCUT2D eigenvalue weighted by Gasteiger charge is -2.15. The zero-order valence-electron chi connectivity index (χ0n) is 12.4. The van der Waals surface area contributed by atoms with Crippen molar-refractivity contribution in [1.82, 2.24) is 15.5 Å². The Labute approximate surface area is 123 Å². The highest BCUT2D eigenvalue weighted by Gasteiger charge is 2.12. The molecule has 0 aliphatic rings. The van der Waals surface area contributed by atoms with Gasteiger partial charge in [-0.05, 0) is 0 Å². The minimum Gasteiger partial charge on any atom is -0.496 e. The number of nitrogens with zero attached hydrogens (tertiary/aromatic N) is 2. The van der Waals surface area contributed by atoms with Crippen molar-refractivity contribution in [3.8, 4) is 17.2 Å². The molecule has 0 saturated carbocycles. The van der Waals surface area contributed by atoms with Crippen molar-refractivity contribution in [3.63, 3.8) is 0 Å². The Balaban J connectivity index is 2.00. The second kappa shape index (κ2) is 7.49. The molecule has 21 heavy (non-hydrogen) atoms. The van der Waals surface area contributed by atoms with E-state index in [1.54, 1.807) is 21.3 Å². The van der Waals surface area contributed by atoms with E-state index >= 15 is 0 Å². The van der Waals surface area contributed by atoms with E-state index in [2.05, 4.69) is 20.0 Å². The van der Waals surface area contributed by atoms with Crippen molar-refractivity contribution >= 4 is 0 Å². The molecule has 0 saturated heterocycles. The van der Waals surface area contributed by atoms with Gasteiger partial charge >= 0.3 is 0 Å². The van der Waals surface area contributed by atoms with Gasteiger partial charge in [0, 0.05) is 31.6 Å². The summed E-state index contributed by atoms with van der Waals surface area (Å²) in [5, 5.41) is 7.06. The minimum atomic E-state index is 0.605. The van der Waals surface area contributed by atoms with E-state index in [0.29, 0.717) is 24.5 Å². The highest BCUT2D eigenvalue weighted by atomic mass is 16.5. The highest BCUT2D eigenvalue weighted by Crippen LogP contribution is 2.33. The van der Waals surface area contributed by atoms with E-state index in [-0.39, 0.29) is 0 Å². The number of rotatable bonds is 8. The number of nitrogens with one attached hydrogen (secondary N) is 1. The molecule has 7 heteroatoms. The van der Waals surface area contributed by atoms with Gasteiger partial charge in [-0.1, -0.05) is 5.16 Å². The van der Waals surface area contributed by atoms with E-state index in [1.807, 2.05) is 12.1 Å². The van der Waals surface area contributed by atoms with E-state index in [9.17, 15) is 0 Å². The van der Waals surface area contributed by atoms with Gasteiger partial charge in [-0.25, -0.2) is 0 Å². The van der Waals surface area contributed by atoms with Crippen LogP contribution in [0.25, 0.3) is 0 Å². The van der Waals surface area contributed by atoms with Gasteiger partial charge in [-0.2, -0.15) is 4.98 Å². The van der Waals surface area contributed by atoms with E-state index in [1.165, 1.54) is 6.39 Å². The Morgan fingerprint density at radius 2 is 1.81 bits per heavy atom. The average Bonchev–Trinajstić information content (AvgIpc) is 3.04. The average molecular weight is 293 g/mol. The van der Waals surface area contributed by atoms with E-state index in [4.69, 9.17) is 14.2 Å². The molecule has 0 radical (unpaired) electrons. The first-order chi connectivity index (χ1) is 10.3. The fourth-order valence-electron chi connectivity index (χ4n) is 1.97. The van der Waals surface area contributed by atoms with Crippen LogP contribution in [0.3, 0.4) is 0 Å². The summed E-state index contributed by atoms with van der Waals surface area (Å²) >= 11 is 0. The predicted molar refractivity (Wildman–Crippen MR) is 75.8 cm³/mol. The third kappa shape index (κ3) is 3.85. The molecule has 2 aromatic rings. The van der Waals surface area contributed by atoms with Crippen LogP contribution in [0.1, 0.15) is 11.4 Å². The first kappa shape index (κ1) is 15.1. The molecule has 114 valence electrons. The summed E-state index contributed by atoms with van der Waals surface area (Å²) in [6.45, 7) is 1.33. The molecule has 1 aromatic carbocycles. The quantitative estimate of drug-likeness (QED) is 0.737. The zero-order chi connectivity index (χ0) is 15.1. The third-order valence-corrected chi connectivity index (χ3v) is 3.05. The number of ether oxygens (including phenoxy) is 3. The molecule has 0 fully saturated rings. The summed E-state index contributed by atoms with van der Waals surface area (Å²) in [6, 6.07) is 3.66. The summed E-state index contributed by atoms with van der Waals surface area (Å²) in [5.74, 6) is 2.81. The molecule has 0 atom stereocenters. The zero-order valence-corrected chi connectivity index (χ0v) is 12.4. The highest BCUT2D eigenvalue weighted by molar-refractivity contribution is 5.50. The summed E-state index contributed by atoms with van der Waals surface area (Å²) in [6.07, 6.45) is 2.02. The van der Waals surface area contributed by atoms with Gasteiger partial charge < -0.3 is 24.1 Å². The maximum atomic E-state index is 5.39. The summed E-state index contributed by atoms with van der Waals surface area (Å²) < 4.78 is 20.7. The second-order valence-corrected chi connectivity index (χ2v) is 4.28. The molecular formula is C14H19N3O4. The summed E-state index contributed by atoms with van der Waals surface area (Å²) in [4.78, 5) is 3.97. The summed E-state index contributed by atoms with van der Waals surface area (Å²) in [7, 11) is 4.85. The normalized spacial score (nSPS) is 10.4. The van der Waals surface area contributed by atoms with Crippen LogP contribution in [0.15, 0.2) is 23.0 Å². The van der Waals surface area contributed by atoms with E-state index in [0.717, 1.165) is 23.6 Å². The smallest absolute Gasteiger partial charge is 0.213 e. The Kier molecular flexibility index (Phi) is 5.39. The Morgan fingerprint density at radius 3 is 2.33 bits per heavy atom. The number of methoxy groups -OCH3 is 3. The monoisotopic (exact) mass is 293 g/mol. The van der Waals surface area contributed by atoms with Crippen LogP contribution in [-0.2, 0) is 13.0 Å². The molecule has 0 aliphatic heterocycles. The molecule has 1 N–H and O–H groups in total. The number of hydrogen-bond donors (Lipinski definition) is 1. The van der Waals surface area contributed by atoms with Gasteiger partial charge in [-0.15, -0.1) is 0 Å². The summed E-state index contributed by atoms with van der Waals surface area (Å²) in [5.41, 5.74) is 0.939. The molecule has 1 heterocycles. The van der Waals surface area contributed by atoms with Gasteiger partial charge in [0.1, 0.15) is 17.2 Å². The van der Waals surface area contributed by atoms with Crippen LogP contribution in [0.4, 0.5) is 0 Å². The Bertz CT molecular complexity index is 532. The maximum Gasteiger partial charge on any atom is 0.213 e. The van der Waals surface area contributed by atoms with Crippen molar-refractivity contribution in [1.29, 1.82) is 0 Å². The fourth-order valence-corrected chi connectivity index (χ4v) is 1.97. The van der Waals surface area contributed by atoms with Crippen molar-refractivity contribution < 1.29 is 18.7 Å². The molecule has 2 rings (SSSR count). The topological polar surface area (TPSA) is 78.6 Å². The van der Waals surface area contributed by atoms with Gasteiger partial charge in [-0.3, -0.25) is 0 Å². The number of hydrogen-bond acceptors (Lipinski definition) is 7. The van der Waals surface area contributed by atoms with Crippen LogP contribution in [0.5, 0.6) is 17.2 Å². The predicted octanol–water partition coefficient (Wildman–Crippen LogP) is 1.43. The lowest BCUT2D eigenvalue weighted by atomic mass is 10.1. The van der Waals surface area contributed by atoms with Crippen molar-refractivity contribution in [2.45, 2.75) is 13.0 Å². The van der Waals surface area contributed by atoms with Crippen LogP contribution < -0.4 is 19.5 Å². The molecule has 0 unspecified atom stereocenters. The first-order valence-corrected chi connectivity index (χ1v) is 6.53. The van der Waals surface area contributed by atoms with Gasteiger partial charge in [0.15, 0.2) is 5.82 Å². The van der Waals surface area contributed by atoms with Crippen LogP contribution in [0.2, 0.25) is 0 Å². The van der Waals surface area contributed by atoms with Crippen molar-refractivity contribution in [2.24, 2.45) is 0 Å². The second-order valence-electron chi connectivity index (χ2n) is 4.28.